The van der Waals surface area contributed by atoms with E-state index in [1.807, 2.05) is 48.5 Å². The molecule has 0 aliphatic carbocycles. The highest BCUT2D eigenvalue weighted by Gasteiger charge is 2.04. The Morgan fingerprint density at radius 1 is 1.05 bits per heavy atom. The van der Waals surface area contributed by atoms with E-state index in [2.05, 4.69) is 35.6 Å². The van der Waals surface area contributed by atoms with Crippen molar-refractivity contribution in [1.82, 2.24) is 0 Å². The molecule has 0 saturated heterocycles. The van der Waals surface area contributed by atoms with E-state index in [9.17, 15) is 0 Å². The summed E-state index contributed by atoms with van der Waals surface area (Å²) in [6.07, 6.45) is 1.30. The van der Waals surface area contributed by atoms with Gasteiger partial charge in [0.25, 0.3) is 0 Å². The third kappa shape index (κ3) is 3.97. The molecule has 2 aromatic carbocycles. The van der Waals surface area contributed by atoms with Gasteiger partial charge in [0.1, 0.15) is 5.75 Å². The molecule has 20 heavy (non-hydrogen) atoms. The first kappa shape index (κ1) is 14.9. The normalized spacial score (nSPS) is 11.7. The van der Waals surface area contributed by atoms with Crippen LogP contribution < -0.4 is 4.74 Å². The molecule has 2 rings (SSSR count). The van der Waals surface area contributed by atoms with Gasteiger partial charge in [0.05, 0.1) is 17.7 Å². The van der Waals surface area contributed by atoms with Gasteiger partial charge >= 0.3 is 0 Å². The standard InChI is InChI=1S/C17H16INO/c1-13(10-11-18)20-17-8-6-16(7-9-17)15-4-2-14(12-19)3-5-15/h2-9,13H,10-11H2,1H3. The quantitative estimate of drug-likeness (QED) is 0.553. The molecule has 0 heterocycles. The summed E-state index contributed by atoms with van der Waals surface area (Å²) >= 11 is 2.36. The summed E-state index contributed by atoms with van der Waals surface area (Å²) in [5.41, 5.74) is 2.92. The number of nitrogens with zero attached hydrogens (tertiary/aromatic N) is 1. The van der Waals surface area contributed by atoms with Crippen molar-refractivity contribution in [3.05, 3.63) is 54.1 Å². The Kier molecular flexibility index (Phi) is 5.42. The van der Waals surface area contributed by atoms with Gasteiger partial charge in [-0.2, -0.15) is 5.26 Å². The van der Waals surface area contributed by atoms with Crippen molar-refractivity contribution in [3.63, 3.8) is 0 Å². The van der Waals surface area contributed by atoms with E-state index < -0.39 is 0 Å². The molecule has 0 aliphatic heterocycles. The average Bonchev–Trinajstić information content (AvgIpc) is 2.48. The fourth-order valence-electron chi connectivity index (χ4n) is 1.91. The molecule has 0 radical (unpaired) electrons. The third-order valence-electron chi connectivity index (χ3n) is 3.05. The van der Waals surface area contributed by atoms with Crippen LogP contribution in [-0.4, -0.2) is 10.5 Å². The second kappa shape index (κ2) is 7.30. The number of nitriles is 1. The van der Waals surface area contributed by atoms with E-state index in [4.69, 9.17) is 10.00 Å². The molecule has 0 amide bonds. The minimum atomic E-state index is 0.243. The van der Waals surface area contributed by atoms with E-state index in [-0.39, 0.29) is 6.10 Å². The van der Waals surface area contributed by atoms with Crippen LogP contribution in [-0.2, 0) is 0 Å². The molecule has 0 N–H and O–H groups in total. The number of hydrogen-bond donors (Lipinski definition) is 0. The molecule has 0 fully saturated rings. The lowest BCUT2D eigenvalue weighted by molar-refractivity contribution is 0.219. The molecule has 2 nitrogen and oxygen atoms in total. The third-order valence-corrected chi connectivity index (χ3v) is 3.68. The predicted octanol–water partition coefficient (Wildman–Crippen LogP) is 4.82. The highest BCUT2D eigenvalue weighted by molar-refractivity contribution is 14.1. The first-order chi connectivity index (χ1) is 9.72. The second-order valence-electron chi connectivity index (χ2n) is 4.62. The van der Waals surface area contributed by atoms with Crippen LogP contribution in [0.5, 0.6) is 5.75 Å². The molecule has 0 bridgehead atoms. The van der Waals surface area contributed by atoms with Crippen LogP contribution in [0.4, 0.5) is 0 Å². The zero-order chi connectivity index (χ0) is 14.4. The maximum atomic E-state index is 8.80. The lowest BCUT2D eigenvalue weighted by Crippen LogP contribution is -2.11. The van der Waals surface area contributed by atoms with E-state index in [0.717, 1.165) is 27.7 Å². The largest absolute Gasteiger partial charge is 0.491 e. The van der Waals surface area contributed by atoms with Crippen molar-refractivity contribution in [2.75, 3.05) is 4.43 Å². The SMILES string of the molecule is CC(CCI)Oc1ccc(-c2ccc(C#N)cc2)cc1. The smallest absolute Gasteiger partial charge is 0.119 e. The summed E-state index contributed by atoms with van der Waals surface area (Å²) in [6, 6.07) is 17.8. The maximum absolute atomic E-state index is 8.80. The highest BCUT2D eigenvalue weighted by atomic mass is 127. The number of benzene rings is 2. The first-order valence-corrected chi connectivity index (χ1v) is 8.08. The second-order valence-corrected chi connectivity index (χ2v) is 5.70. The monoisotopic (exact) mass is 377 g/mol. The zero-order valence-corrected chi connectivity index (χ0v) is 13.5. The van der Waals surface area contributed by atoms with Crippen LogP contribution in [0, 0.1) is 11.3 Å². The molecule has 3 heteroatoms. The van der Waals surface area contributed by atoms with Crippen LogP contribution >= 0.6 is 22.6 Å². The lowest BCUT2D eigenvalue weighted by atomic mass is 10.0. The molecule has 1 atom stereocenters. The molecule has 1 unspecified atom stereocenters. The maximum Gasteiger partial charge on any atom is 0.119 e. The van der Waals surface area contributed by atoms with Crippen LogP contribution in [0.15, 0.2) is 48.5 Å². The minimum Gasteiger partial charge on any atom is -0.491 e. The Hall–Kier alpha value is -1.54. The molecular weight excluding hydrogens is 361 g/mol. The van der Waals surface area contributed by atoms with Crippen LogP contribution in [0.3, 0.4) is 0 Å². The zero-order valence-electron chi connectivity index (χ0n) is 11.3. The Morgan fingerprint density at radius 3 is 2.10 bits per heavy atom. The van der Waals surface area contributed by atoms with E-state index in [1.165, 1.54) is 0 Å². The Balaban J connectivity index is 2.09. The van der Waals surface area contributed by atoms with Crippen molar-refractivity contribution in [2.45, 2.75) is 19.4 Å². The summed E-state index contributed by atoms with van der Waals surface area (Å²) in [5, 5.41) is 8.80. The van der Waals surface area contributed by atoms with Gasteiger partial charge in [-0.3, -0.25) is 0 Å². The summed E-state index contributed by atoms with van der Waals surface area (Å²) in [5.74, 6) is 0.903. The van der Waals surface area contributed by atoms with Gasteiger partial charge in [-0.25, -0.2) is 0 Å². The lowest BCUT2D eigenvalue weighted by Gasteiger charge is -2.13. The topological polar surface area (TPSA) is 33.0 Å². The van der Waals surface area contributed by atoms with E-state index >= 15 is 0 Å². The Morgan fingerprint density at radius 2 is 1.60 bits per heavy atom. The molecule has 0 aliphatic rings. The van der Waals surface area contributed by atoms with Gasteiger partial charge in [0.2, 0.25) is 0 Å². The van der Waals surface area contributed by atoms with Crippen LogP contribution in [0.25, 0.3) is 11.1 Å². The minimum absolute atomic E-state index is 0.243. The number of rotatable bonds is 5. The number of ether oxygens (including phenoxy) is 1. The van der Waals surface area contributed by atoms with Crippen LogP contribution in [0.1, 0.15) is 18.9 Å². The summed E-state index contributed by atoms with van der Waals surface area (Å²) in [4.78, 5) is 0. The number of alkyl halides is 1. The van der Waals surface area contributed by atoms with Gasteiger partial charge in [-0.1, -0.05) is 46.9 Å². The predicted molar refractivity (Wildman–Crippen MR) is 90.2 cm³/mol. The number of hydrogen-bond acceptors (Lipinski definition) is 2. The summed E-state index contributed by atoms with van der Waals surface area (Å²) < 4.78 is 6.93. The fourth-order valence-corrected chi connectivity index (χ4v) is 2.79. The highest BCUT2D eigenvalue weighted by Crippen LogP contribution is 2.23. The fraction of sp³-hybridized carbons (Fsp3) is 0.235. The van der Waals surface area contributed by atoms with Crippen LogP contribution in [0.2, 0.25) is 0 Å². The molecule has 2 aromatic rings. The molecule has 0 saturated carbocycles. The van der Waals surface area contributed by atoms with Gasteiger partial charge in [0, 0.05) is 4.43 Å². The average molecular weight is 377 g/mol. The molecule has 0 aromatic heterocycles. The van der Waals surface area contributed by atoms with Gasteiger partial charge in [0.15, 0.2) is 0 Å². The molecule has 0 spiro atoms. The van der Waals surface area contributed by atoms with E-state index in [1.54, 1.807) is 0 Å². The summed E-state index contributed by atoms with van der Waals surface area (Å²) in [7, 11) is 0. The van der Waals surface area contributed by atoms with Crippen molar-refractivity contribution in [3.8, 4) is 22.9 Å². The van der Waals surface area contributed by atoms with E-state index in [0.29, 0.717) is 5.56 Å². The van der Waals surface area contributed by atoms with Gasteiger partial charge in [-0.15, -0.1) is 0 Å². The van der Waals surface area contributed by atoms with Crippen molar-refractivity contribution in [1.29, 1.82) is 5.26 Å². The van der Waals surface area contributed by atoms with Crippen molar-refractivity contribution in [2.24, 2.45) is 0 Å². The Bertz CT molecular complexity index is 584. The van der Waals surface area contributed by atoms with Gasteiger partial charge in [-0.05, 0) is 48.7 Å². The van der Waals surface area contributed by atoms with Crippen molar-refractivity contribution < 1.29 is 4.74 Å². The summed E-state index contributed by atoms with van der Waals surface area (Å²) in [6.45, 7) is 2.09. The molecular formula is C17H16INO. The Labute approximate surface area is 133 Å². The van der Waals surface area contributed by atoms with Crippen molar-refractivity contribution >= 4 is 22.6 Å². The first-order valence-electron chi connectivity index (χ1n) is 6.56. The number of halogens is 1. The molecule has 102 valence electrons. The van der Waals surface area contributed by atoms with Gasteiger partial charge < -0.3 is 4.74 Å².